The van der Waals surface area contributed by atoms with Crippen molar-refractivity contribution in [3.63, 3.8) is 0 Å². The molecule has 2 nitrogen and oxygen atoms in total. The van der Waals surface area contributed by atoms with Crippen LogP contribution in [0.3, 0.4) is 0 Å². The molecule has 0 N–H and O–H groups in total. The Morgan fingerprint density at radius 1 is 1.10 bits per heavy atom. The number of ether oxygens (including phenoxy) is 2. The molecule has 0 radical (unpaired) electrons. The summed E-state index contributed by atoms with van der Waals surface area (Å²) in [7, 11) is 0. The number of benzene rings is 2. The van der Waals surface area contributed by atoms with Gasteiger partial charge in [-0.25, -0.2) is 4.39 Å². The number of halogens is 3. The number of hydrogen-bond acceptors (Lipinski definition) is 2. The van der Waals surface area contributed by atoms with Crippen molar-refractivity contribution in [2.24, 2.45) is 0 Å². The van der Waals surface area contributed by atoms with Gasteiger partial charge in [0.15, 0.2) is 11.5 Å². The van der Waals surface area contributed by atoms with Crippen LogP contribution >= 0.6 is 27.5 Å². The van der Waals surface area contributed by atoms with Gasteiger partial charge in [0.1, 0.15) is 12.4 Å². The van der Waals surface area contributed by atoms with Gasteiger partial charge in [0, 0.05) is 16.5 Å². The zero-order valence-electron chi connectivity index (χ0n) is 11.5. The maximum Gasteiger partial charge on any atom is 0.165 e. The summed E-state index contributed by atoms with van der Waals surface area (Å²) in [5, 5.41) is 0.719. The van der Waals surface area contributed by atoms with Gasteiger partial charge in [0.05, 0.1) is 11.6 Å². The fourth-order valence-corrected chi connectivity index (χ4v) is 2.55. The minimum atomic E-state index is -0.451. The lowest BCUT2D eigenvalue weighted by Gasteiger charge is -2.15. The first kappa shape index (κ1) is 16.1. The zero-order chi connectivity index (χ0) is 15.2. The molecule has 2 aromatic rings. The van der Waals surface area contributed by atoms with Crippen molar-refractivity contribution in [2.45, 2.75) is 18.9 Å². The van der Waals surface area contributed by atoms with Crippen molar-refractivity contribution >= 4 is 27.5 Å². The average molecular weight is 374 g/mol. The molecule has 0 aliphatic rings. The molecule has 0 spiro atoms. The summed E-state index contributed by atoms with van der Waals surface area (Å²) < 4.78 is 25.2. The molecule has 0 saturated carbocycles. The van der Waals surface area contributed by atoms with Crippen LogP contribution < -0.4 is 9.47 Å². The minimum Gasteiger partial charge on any atom is -0.490 e. The maximum absolute atomic E-state index is 13.9. The highest BCUT2D eigenvalue weighted by atomic mass is 79.9. The van der Waals surface area contributed by atoms with Crippen LogP contribution in [0.2, 0.25) is 5.02 Å². The molecule has 2 aromatic carbocycles. The van der Waals surface area contributed by atoms with Crippen molar-refractivity contribution in [3.8, 4) is 11.5 Å². The van der Waals surface area contributed by atoms with Crippen molar-refractivity contribution in [3.05, 3.63) is 58.4 Å². The Hall–Kier alpha value is -1.26. The predicted octanol–water partition coefficient (Wildman–Crippen LogP) is 5.35. The molecule has 0 heterocycles. The van der Waals surface area contributed by atoms with E-state index in [0.29, 0.717) is 29.0 Å². The second-order valence-corrected chi connectivity index (χ2v) is 5.28. The van der Waals surface area contributed by atoms with Gasteiger partial charge in [0.2, 0.25) is 0 Å². The lowest BCUT2D eigenvalue weighted by atomic mass is 10.2. The van der Waals surface area contributed by atoms with Crippen LogP contribution in [-0.2, 0) is 11.9 Å². The Morgan fingerprint density at radius 2 is 1.81 bits per heavy atom. The third-order valence-corrected chi connectivity index (χ3v) is 3.80. The molecule has 0 fully saturated rings. The van der Waals surface area contributed by atoms with E-state index in [4.69, 9.17) is 21.1 Å². The van der Waals surface area contributed by atoms with Crippen LogP contribution in [0.1, 0.15) is 18.1 Å². The molecule has 112 valence electrons. The van der Waals surface area contributed by atoms with Crippen LogP contribution in [0, 0.1) is 5.82 Å². The van der Waals surface area contributed by atoms with Crippen LogP contribution in [0.25, 0.3) is 0 Å². The van der Waals surface area contributed by atoms with Crippen molar-refractivity contribution in [1.82, 2.24) is 0 Å². The summed E-state index contributed by atoms with van der Waals surface area (Å²) in [5.41, 5.74) is 1.36. The van der Waals surface area contributed by atoms with Gasteiger partial charge >= 0.3 is 0 Å². The lowest BCUT2D eigenvalue weighted by Crippen LogP contribution is -2.03. The molecule has 0 saturated heterocycles. The first-order chi connectivity index (χ1) is 10.2. The van der Waals surface area contributed by atoms with E-state index in [-0.39, 0.29) is 11.6 Å². The van der Waals surface area contributed by atoms with E-state index in [9.17, 15) is 4.39 Å². The predicted molar refractivity (Wildman–Crippen MR) is 86.0 cm³/mol. The van der Waals surface area contributed by atoms with Crippen LogP contribution in [0.5, 0.6) is 11.5 Å². The summed E-state index contributed by atoms with van der Waals surface area (Å²) in [6, 6.07) is 10.5. The van der Waals surface area contributed by atoms with Crippen molar-refractivity contribution < 1.29 is 13.9 Å². The monoisotopic (exact) mass is 372 g/mol. The van der Waals surface area contributed by atoms with Crippen LogP contribution in [-0.4, -0.2) is 6.61 Å². The molecular formula is C16H15BrClFO2. The minimum absolute atomic E-state index is 0.0925. The highest BCUT2D eigenvalue weighted by molar-refractivity contribution is 9.08. The average Bonchev–Trinajstić information content (AvgIpc) is 2.49. The smallest absolute Gasteiger partial charge is 0.165 e. The first-order valence-electron chi connectivity index (χ1n) is 6.53. The number of hydrogen-bond donors (Lipinski definition) is 0. The van der Waals surface area contributed by atoms with Gasteiger partial charge in [-0.2, -0.15) is 0 Å². The molecule has 2 rings (SSSR count). The fraction of sp³-hybridized carbons (Fsp3) is 0.250. The van der Waals surface area contributed by atoms with Crippen molar-refractivity contribution in [2.75, 3.05) is 6.61 Å². The second kappa shape index (κ2) is 7.66. The molecule has 21 heavy (non-hydrogen) atoms. The fourth-order valence-electron chi connectivity index (χ4n) is 1.91. The summed E-state index contributed by atoms with van der Waals surface area (Å²) in [6.45, 7) is 2.53. The van der Waals surface area contributed by atoms with Gasteiger partial charge in [-0.3, -0.25) is 0 Å². The van der Waals surface area contributed by atoms with E-state index >= 15 is 0 Å². The highest BCUT2D eigenvalue weighted by Crippen LogP contribution is 2.33. The molecule has 0 amide bonds. The standard InChI is InChI=1S/C16H15BrClFO2/c1-2-20-14-8-4-5-11(9-17)16(14)21-10-12-6-3-7-13(18)15(12)19/h3-8H,2,9-10H2,1H3. The quantitative estimate of drug-likeness (QED) is 0.635. The molecule has 0 aromatic heterocycles. The van der Waals surface area contributed by atoms with E-state index in [2.05, 4.69) is 15.9 Å². The van der Waals surface area contributed by atoms with Crippen LogP contribution in [0.4, 0.5) is 4.39 Å². The van der Waals surface area contributed by atoms with Gasteiger partial charge in [-0.05, 0) is 19.1 Å². The molecule has 0 bridgehead atoms. The number of para-hydroxylation sites is 1. The van der Waals surface area contributed by atoms with E-state index in [0.717, 1.165) is 5.56 Å². The van der Waals surface area contributed by atoms with Gasteiger partial charge in [-0.1, -0.05) is 51.8 Å². The molecule has 0 aliphatic carbocycles. The number of alkyl halides is 1. The van der Waals surface area contributed by atoms with Crippen LogP contribution in [0.15, 0.2) is 36.4 Å². The zero-order valence-corrected chi connectivity index (χ0v) is 13.9. The second-order valence-electron chi connectivity index (χ2n) is 4.31. The third-order valence-electron chi connectivity index (χ3n) is 2.91. The lowest BCUT2D eigenvalue weighted by molar-refractivity contribution is 0.264. The van der Waals surface area contributed by atoms with Gasteiger partial charge < -0.3 is 9.47 Å². The Labute approximate surface area is 137 Å². The molecule has 0 unspecified atom stereocenters. The Kier molecular flexibility index (Phi) is 5.88. The SMILES string of the molecule is CCOc1cccc(CBr)c1OCc1cccc(Cl)c1F. The van der Waals surface area contributed by atoms with E-state index in [1.807, 2.05) is 25.1 Å². The summed E-state index contributed by atoms with van der Waals surface area (Å²) in [5.74, 6) is 0.820. The molecular weight excluding hydrogens is 359 g/mol. The summed E-state index contributed by atoms with van der Waals surface area (Å²) in [6.07, 6.45) is 0. The summed E-state index contributed by atoms with van der Waals surface area (Å²) in [4.78, 5) is 0. The molecule has 0 aliphatic heterocycles. The van der Waals surface area contributed by atoms with Gasteiger partial charge in [0.25, 0.3) is 0 Å². The molecule has 0 atom stereocenters. The first-order valence-corrected chi connectivity index (χ1v) is 8.03. The Bertz CT molecular complexity index is 619. The Morgan fingerprint density at radius 3 is 2.52 bits per heavy atom. The third kappa shape index (κ3) is 3.89. The van der Waals surface area contributed by atoms with Crippen molar-refractivity contribution in [1.29, 1.82) is 0 Å². The largest absolute Gasteiger partial charge is 0.490 e. The topological polar surface area (TPSA) is 18.5 Å². The summed E-state index contributed by atoms with van der Waals surface area (Å²) >= 11 is 9.19. The van der Waals surface area contributed by atoms with Gasteiger partial charge in [-0.15, -0.1) is 0 Å². The van der Waals surface area contributed by atoms with E-state index in [1.165, 1.54) is 6.07 Å². The van der Waals surface area contributed by atoms with E-state index in [1.54, 1.807) is 12.1 Å². The number of rotatable bonds is 6. The Balaban J connectivity index is 2.24. The highest BCUT2D eigenvalue weighted by Gasteiger charge is 2.12. The van der Waals surface area contributed by atoms with E-state index < -0.39 is 5.82 Å². The normalized spacial score (nSPS) is 10.5. The maximum atomic E-state index is 13.9. The molecule has 5 heteroatoms.